The molecule has 100 valence electrons. The summed E-state index contributed by atoms with van der Waals surface area (Å²) in [6, 6.07) is 1.90. The van der Waals surface area contributed by atoms with Gasteiger partial charge in [0.15, 0.2) is 5.82 Å². The van der Waals surface area contributed by atoms with Crippen molar-refractivity contribution >= 4 is 5.69 Å². The highest BCUT2D eigenvalue weighted by Crippen LogP contribution is 2.16. The van der Waals surface area contributed by atoms with E-state index in [-0.39, 0.29) is 18.5 Å². The summed E-state index contributed by atoms with van der Waals surface area (Å²) >= 11 is 0. The topological polar surface area (TPSA) is 48.4 Å². The lowest BCUT2D eigenvalue weighted by atomic mass is 10.0. The first-order valence-corrected chi connectivity index (χ1v) is 6.49. The van der Waals surface area contributed by atoms with E-state index >= 15 is 0 Å². The Morgan fingerprint density at radius 3 is 3.17 bits per heavy atom. The number of hydrogen-bond donors (Lipinski definition) is 2. The first-order chi connectivity index (χ1) is 8.81. The van der Waals surface area contributed by atoms with Gasteiger partial charge in [0, 0.05) is 25.3 Å². The molecule has 1 fully saturated rings. The van der Waals surface area contributed by atoms with Gasteiger partial charge in [-0.2, -0.15) is 0 Å². The van der Waals surface area contributed by atoms with E-state index in [9.17, 15) is 9.50 Å². The monoisotopic (exact) mass is 253 g/mol. The van der Waals surface area contributed by atoms with Crippen LogP contribution < -0.4 is 5.32 Å². The number of nitrogens with zero attached hydrogens (tertiary/aromatic N) is 2. The molecule has 18 heavy (non-hydrogen) atoms. The molecular formula is C13H20FN3O. The van der Waals surface area contributed by atoms with E-state index in [1.807, 2.05) is 0 Å². The highest BCUT2D eigenvalue weighted by atomic mass is 19.1. The molecule has 0 saturated carbocycles. The van der Waals surface area contributed by atoms with E-state index in [0.717, 1.165) is 19.5 Å². The van der Waals surface area contributed by atoms with E-state index in [2.05, 4.69) is 15.2 Å². The summed E-state index contributed by atoms with van der Waals surface area (Å²) in [6.45, 7) is 2.74. The first kappa shape index (κ1) is 13.2. The number of aromatic nitrogens is 1. The molecule has 2 N–H and O–H groups in total. The first-order valence-electron chi connectivity index (χ1n) is 6.49. The molecule has 1 aliphatic rings. The summed E-state index contributed by atoms with van der Waals surface area (Å²) < 4.78 is 13.3. The summed E-state index contributed by atoms with van der Waals surface area (Å²) in [5, 5.41) is 12.4. The van der Waals surface area contributed by atoms with Crippen LogP contribution in [0.25, 0.3) is 0 Å². The maximum atomic E-state index is 13.3. The van der Waals surface area contributed by atoms with Gasteiger partial charge in [0.25, 0.3) is 0 Å². The fourth-order valence-electron chi connectivity index (χ4n) is 2.41. The Labute approximate surface area is 107 Å². The molecule has 2 heterocycles. The highest BCUT2D eigenvalue weighted by Gasteiger charge is 2.20. The third-order valence-electron chi connectivity index (χ3n) is 3.45. The fourth-order valence-corrected chi connectivity index (χ4v) is 2.41. The largest absolute Gasteiger partial charge is 0.395 e. The standard InChI is InChI=1S/C13H20FN3O/c14-12-9-15-5-4-13(12)16-6-8-17-7-2-1-3-11(17)10-18/h4-5,9,11,18H,1-3,6-8,10H2,(H,15,16). The number of hydrogen-bond acceptors (Lipinski definition) is 4. The van der Waals surface area contributed by atoms with Crippen molar-refractivity contribution in [3.8, 4) is 0 Å². The van der Waals surface area contributed by atoms with Gasteiger partial charge in [-0.25, -0.2) is 4.39 Å². The van der Waals surface area contributed by atoms with Crippen LogP contribution >= 0.6 is 0 Å². The van der Waals surface area contributed by atoms with Crippen molar-refractivity contribution < 1.29 is 9.50 Å². The van der Waals surface area contributed by atoms with E-state index in [1.54, 1.807) is 12.3 Å². The molecule has 1 atom stereocenters. The van der Waals surface area contributed by atoms with Crippen molar-refractivity contribution in [3.05, 3.63) is 24.3 Å². The molecule has 5 heteroatoms. The summed E-state index contributed by atoms with van der Waals surface area (Å²) in [4.78, 5) is 5.98. The number of aliphatic hydroxyl groups is 1. The SMILES string of the molecule is OCC1CCCCN1CCNc1ccncc1F. The molecule has 1 saturated heterocycles. The molecule has 0 aromatic carbocycles. The molecule has 0 spiro atoms. The van der Waals surface area contributed by atoms with Crippen molar-refractivity contribution in [2.24, 2.45) is 0 Å². The van der Waals surface area contributed by atoms with Crippen molar-refractivity contribution in [3.63, 3.8) is 0 Å². The van der Waals surface area contributed by atoms with Gasteiger partial charge >= 0.3 is 0 Å². The Balaban J connectivity index is 1.79. The van der Waals surface area contributed by atoms with Gasteiger partial charge in [-0.15, -0.1) is 0 Å². The molecule has 0 amide bonds. The minimum absolute atomic E-state index is 0.212. The Bertz CT molecular complexity index is 375. The third-order valence-corrected chi connectivity index (χ3v) is 3.45. The minimum atomic E-state index is -0.324. The number of pyridine rings is 1. The lowest BCUT2D eigenvalue weighted by Gasteiger charge is -2.34. The van der Waals surface area contributed by atoms with Crippen LogP contribution in [0, 0.1) is 5.82 Å². The fraction of sp³-hybridized carbons (Fsp3) is 0.615. The van der Waals surface area contributed by atoms with E-state index in [4.69, 9.17) is 0 Å². The Kier molecular flexibility index (Phi) is 4.90. The summed E-state index contributed by atoms with van der Waals surface area (Å²) in [5.74, 6) is -0.324. The molecule has 1 aliphatic heterocycles. The molecule has 1 aromatic rings. The number of halogens is 1. The molecule has 4 nitrogen and oxygen atoms in total. The van der Waals surface area contributed by atoms with Crippen molar-refractivity contribution in [1.29, 1.82) is 0 Å². The van der Waals surface area contributed by atoms with Crippen LogP contribution in [0.4, 0.5) is 10.1 Å². The zero-order valence-electron chi connectivity index (χ0n) is 10.5. The lowest BCUT2D eigenvalue weighted by Crippen LogP contribution is -2.44. The number of likely N-dealkylation sites (tertiary alicyclic amines) is 1. The number of anilines is 1. The van der Waals surface area contributed by atoms with Crippen LogP contribution in [0.5, 0.6) is 0 Å². The second-order valence-electron chi connectivity index (χ2n) is 4.65. The summed E-state index contributed by atoms with van der Waals surface area (Å²) in [6.07, 6.45) is 6.21. The zero-order valence-corrected chi connectivity index (χ0v) is 10.5. The van der Waals surface area contributed by atoms with Gasteiger partial charge in [0.1, 0.15) is 0 Å². The quantitative estimate of drug-likeness (QED) is 0.834. The number of aliphatic hydroxyl groups excluding tert-OH is 1. The second-order valence-corrected chi connectivity index (χ2v) is 4.65. The second kappa shape index (κ2) is 6.66. The number of rotatable bonds is 5. The van der Waals surface area contributed by atoms with Gasteiger partial charge in [-0.05, 0) is 25.5 Å². The maximum Gasteiger partial charge on any atom is 0.164 e. The molecule has 0 radical (unpaired) electrons. The average molecular weight is 253 g/mol. The Morgan fingerprint density at radius 1 is 1.50 bits per heavy atom. The van der Waals surface area contributed by atoms with Gasteiger partial charge in [-0.3, -0.25) is 9.88 Å². The molecule has 2 rings (SSSR count). The van der Waals surface area contributed by atoms with Crippen LogP contribution in [0.1, 0.15) is 19.3 Å². The number of piperidine rings is 1. The van der Waals surface area contributed by atoms with Crippen LogP contribution in [-0.2, 0) is 0 Å². The van der Waals surface area contributed by atoms with Crippen LogP contribution in [0.3, 0.4) is 0 Å². The molecule has 0 aliphatic carbocycles. The van der Waals surface area contributed by atoms with E-state index in [1.165, 1.54) is 19.0 Å². The van der Waals surface area contributed by atoms with Gasteiger partial charge in [0.05, 0.1) is 18.5 Å². The zero-order chi connectivity index (χ0) is 12.8. The lowest BCUT2D eigenvalue weighted by molar-refractivity contribution is 0.0940. The van der Waals surface area contributed by atoms with Gasteiger partial charge in [-0.1, -0.05) is 6.42 Å². The number of nitrogens with one attached hydrogen (secondary N) is 1. The normalized spacial score (nSPS) is 20.9. The predicted molar refractivity (Wildman–Crippen MR) is 69.0 cm³/mol. The Morgan fingerprint density at radius 2 is 2.39 bits per heavy atom. The maximum absolute atomic E-state index is 13.3. The van der Waals surface area contributed by atoms with E-state index in [0.29, 0.717) is 12.2 Å². The van der Waals surface area contributed by atoms with Crippen molar-refractivity contribution in [1.82, 2.24) is 9.88 Å². The molecule has 0 bridgehead atoms. The molecule has 1 unspecified atom stereocenters. The summed E-state index contributed by atoms with van der Waals surface area (Å²) in [5.41, 5.74) is 0.488. The smallest absolute Gasteiger partial charge is 0.164 e. The Hall–Kier alpha value is -1.20. The van der Waals surface area contributed by atoms with Gasteiger partial charge < -0.3 is 10.4 Å². The minimum Gasteiger partial charge on any atom is -0.395 e. The average Bonchev–Trinajstić information content (AvgIpc) is 2.41. The van der Waals surface area contributed by atoms with Crippen molar-refractivity contribution in [2.75, 3.05) is 31.6 Å². The molecule has 1 aromatic heterocycles. The molecular weight excluding hydrogens is 233 g/mol. The van der Waals surface area contributed by atoms with Crippen LogP contribution in [0.2, 0.25) is 0 Å². The predicted octanol–water partition coefficient (Wildman–Crippen LogP) is 1.48. The van der Waals surface area contributed by atoms with Crippen molar-refractivity contribution in [2.45, 2.75) is 25.3 Å². The van der Waals surface area contributed by atoms with Crippen LogP contribution in [0.15, 0.2) is 18.5 Å². The van der Waals surface area contributed by atoms with E-state index < -0.39 is 0 Å². The summed E-state index contributed by atoms with van der Waals surface area (Å²) in [7, 11) is 0. The van der Waals surface area contributed by atoms with Crippen LogP contribution in [-0.4, -0.2) is 47.3 Å². The third kappa shape index (κ3) is 3.40. The van der Waals surface area contributed by atoms with Gasteiger partial charge in [0.2, 0.25) is 0 Å². The highest BCUT2D eigenvalue weighted by molar-refractivity contribution is 5.42.